The van der Waals surface area contributed by atoms with Gasteiger partial charge < -0.3 is 13.8 Å². The van der Waals surface area contributed by atoms with Crippen LogP contribution in [0.4, 0.5) is 26.3 Å². The van der Waals surface area contributed by atoms with E-state index >= 15 is 0 Å². The van der Waals surface area contributed by atoms with Gasteiger partial charge in [-0.1, -0.05) is 36.4 Å². The predicted molar refractivity (Wildman–Crippen MR) is 249 cm³/mol. The van der Waals surface area contributed by atoms with Gasteiger partial charge in [-0.25, -0.2) is 16.8 Å². The van der Waals surface area contributed by atoms with Crippen molar-refractivity contribution >= 4 is 37.2 Å². The normalized spacial score (nSPS) is 10.7. The summed E-state index contributed by atoms with van der Waals surface area (Å²) in [7, 11) is -10.5. The maximum absolute atomic E-state index is 10.7. The van der Waals surface area contributed by atoms with Crippen LogP contribution in [0.15, 0.2) is 146 Å². The second-order valence-electron chi connectivity index (χ2n) is 14.1. The number of hydrogen-bond acceptors (Lipinski definition) is 18. The van der Waals surface area contributed by atoms with Gasteiger partial charge in [-0.15, -0.1) is 30.6 Å². The Morgan fingerprint density at radius 2 is 0.703 bits per heavy atom. The van der Waals surface area contributed by atoms with E-state index in [0.717, 1.165) is 51.5 Å². The quantitative estimate of drug-likeness (QED) is 0.0701. The molecule has 392 valence electrons. The Kier molecular flexibility index (Phi) is 26.2. The molecule has 0 aliphatic heterocycles. The van der Waals surface area contributed by atoms with Crippen molar-refractivity contribution in [3.63, 3.8) is 0 Å². The number of hydrogen-bond donors (Lipinski definition) is 0. The van der Waals surface area contributed by atoms with E-state index in [9.17, 15) is 26.3 Å². The molecule has 0 radical (unpaired) electrons. The number of nitriles is 2. The van der Waals surface area contributed by atoms with Gasteiger partial charge in [0.2, 0.25) is 0 Å². The first kappa shape index (κ1) is 64.2. The molecule has 0 unspecified atom stereocenters. The standard InChI is InChI=1S/3C11H8N4.C5H12O.2C2H3N.2CHF3O3S.Fe/c3*1-3-7-12-9(5-1)11-14-13-10-6-2-4-8-15(10)11;1-5(2,3)6-4;2*1-2-3;2*2-1(3,4)8(5,6)7;/h3*1-8H;1-4H3;2*1H3;2*(H,5,6,7);/q;;;;;;;;+2/p-2. The zero-order chi connectivity index (χ0) is 54.9. The van der Waals surface area contributed by atoms with Gasteiger partial charge >= 0.3 is 28.1 Å². The van der Waals surface area contributed by atoms with E-state index < -0.39 is 31.3 Å². The van der Waals surface area contributed by atoms with E-state index in [-0.39, 0.29) is 22.7 Å². The average Bonchev–Trinajstić information content (AvgIpc) is 4.10. The number of methoxy groups -OCH3 is 1. The van der Waals surface area contributed by atoms with Crippen molar-refractivity contribution in [3.05, 3.63) is 146 Å². The number of rotatable bonds is 3. The van der Waals surface area contributed by atoms with Gasteiger partial charge in [0.25, 0.3) is 0 Å². The summed E-state index contributed by atoms with van der Waals surface area (Å²) < 4.78 is 129. The Bertz CT molecular complexity index is 3060. The zero-order valence-corrected chi connectivity index (χ0v) is 42.2. The fourth-order valence-corrected chi connectivity index (χ4v) is 4.53. The molecule has 9 aromatic heterocycles. The van der Waals surface area contributed by atoms with E-state index in [1.807, 2.05) is 162 Å². The molecule has 0 atom stereocenters. The number of pyridine rings is 6. The van der Waals surface area contributed by atoms with Crippen LogP contribution in [0.2, 0.25) is 0 Å². The van der Waals surface area contributed by atoms with E-state index in [4.69, 9.17) is 41.2 Å². The first-order valence-corrected chi connectivity index (χ1v) is 22.9. The topological polar surface area (TPSA) is 300 Å². The van der Waals surface area contributed by atoms with Crippen LogP contribution < -0.4 is 0 Å². The molecule has 0 saturated carbocycles. The monoisotopic (exact) mass is 1110 g/mol. The van der Waals surface area contributed by atoms with Gasteiger partial charge in [-0.2, -0.15) is 36.9 Å². The van der Waals surface area contributed by atoms with Crippen LogP contribution in [0.3, 0.4) is 0 Å². The molecule has 0 saturated heterocycles. The molecule has 21 nitrogen and oxygen atoms in total. The summed E-state index contributed by atoms with van der Waals surface area (Å²) in [5, 5.41) is 39.2. The van der Waals surface area contributed by atoms with Crippen LogP contribution in [0, 0.1) is 22.7 Å². The van der Waals surface area contributed by atoms with E-state index in [0.29, 0.717) is 0 Å². The first-order valence-electron chi connectivity index (χ1n) is 20.1. The SMILES string of the molecule is CC#N.CC#N.COC(C)(C)C.O=S(=O)([O-])C(F)(F)F.O=S(=O)([O-])C(F)(F)F.[Fe+2].c1ccc(-c2nnc3ccccn23)nc1.c1ccc(-c2nnc3ccccn23)nc1.c1ccc(-c2nnc3ccccn23)nc1. The van der Waals surface area contributed by atoms with Gasteiger partial charge in [0, 0.05) is 58.1 Å². The Morgan fingerprint density at radius 1 is 0.486 bits per heavy atom. The molecule has 9 aromatic rings. The minimum absolute atomic E-state index is 0. The summed E-state index contributed by atoms with van der Waals surface area (Å²) in [4.78, 5) is 12.7. The summed E-state index contributed by atoms with van der Waals surface area (Å²) in [6.07, 6.45) is 11.0. The fourth-order valence-electron chi connectivity index (χ4n) is 4.53. The van der Waals surface area contributed by atoms with E-state index in [1.165, 1.54) is 13.8 Å². The average molecular weight is 1110 g/mol. The predicted octanol–water partition coefficient (Wildman–Crippen LogP) is 7.97. The van der Waals surface area contributed by atoms with Crippen LogP contribution in [-0.4, -0.2) is 108 Å². The molecular formula is C44H42F6FeN14O7S2. The fraction of sp³-hybridized carbons (Fsp3) is 0.205. The number of fused-ring (bicyclic) bond motifs is 3. The van der Waals surface area contributed by atoms with Crippen molar-refractivity contribution in [2.45, 2.75) is 51.2 Å². The number of ether oxygens (including phenoxy) is 1. The third-order valence-electron chi connectivity index (χ3n) is 7.80. The van der Waals surface area contributed by atoms with Crippen LogP contribution >= 0.6 is 0 Å². The smallest absolute Gasteiger partial charge is 0.741 e. The van der Waals surface area contributed by atoms with Crippen molar-refractivity contribution in [2.24, 2.45) is 0 Å². The van der Waals surface area contributed by atoms with Crippen molar-refractivity contribution in [1.29, 1.82) is 10.5 Å². The number of nitrogens with zero attached hydrogens (tertiary/aromatic N) is 14. The van der Waals surface area contributed by atoms with Crippen LogP contribution in [0.5, 0.6) is 0 Å². The van der Waals surface area contributed by atoms with Gasteiger partial charge in [0.1, 0.15) is 17.1 Å². The maximum Gasteiger partial charge on any atom is 2.00 e. The second-order valence-corrected chi connectivity index (χ2v) is 16.8. The minimum Gasteiger partial charge on any atom is -0.741 e. The van der Waals surface area contributed by atoms with Gasteiger partial charge in [-0.05, 0) is 93.6 Å². The Balaban J connectivity index is 0.000000446. The number of aromatic nitrogens is 12. The molecule has 9 heterocycles. The molecule has 0 spiro atoms. The van der Waals surface area contributed by atoms with E-state index in [1.54, 1.807) is 37.8 Å². The largest absolute Gasteiger partial charge is 2.00 e. The molecule has 0 aliphatic carbocycles. The zero-order valence-electron chi connectivity index (χ0n) is 39.4. The maximum atomic E-state index is 10.7. The van der Waals surface area contributed by atoms with Crippen LogP contribution in [0.1, 0.15) is 34.6 Å². The van der Waals surface area contributed by atoms with Gasteiger partial charge in [-0.3, -0.25) is 28.2 Å². The third kappa shape index (κ3) is 21.5. The molecular weight excluding hydrogens is 1070 g/mol. The Labute approximate surface area is 430 Å². The first-order chi connectivity index (χ1) is 34.2. The van der Waals surface area contributed by atoms with Crippen molar-refractivity contribution in [3.8, 4) is 46.7 Å². The number of alkyl halides is 6. The summed E-state index contributed by atoms with van der Waals surface area (Å²) >= 11 is 0. The second kappa shape index (κ2) is 30.3. The molecule has 0 bridgehead atoms. The van der Waals surface area contributed by atoms with Crippen molar-refractivity contribution in [2.75, 3.05) is 7.11 Å². The van der Waals surface area contributed by atoms with Crippen molar-refractivity contribution < 1.29 is 74.1 Å². The Hall–Kier alpha value is -7.83. The molecule has 74 heavy (non-hydrogen) atoms. The Morgan fingerprint density at radius 3 is 0.878 bits per heavy atom. The number of halogens is 6. The van der Waals surface area contributed by atoms with Crippen LogP contribution in [-0.2, 0) is 42.0 Å². The molecule has 0 amide bonds. The third-order valence-corrected chi connectivity index (χ3v) is 8.94. The van der Waals surface area contributed by atoms with Crippen molar-refractivity contribution in [1.82, 2.24) is 58.7 Å². The summed E-state index contributed by atoms with van der Waals surface area (Å²) in [5.41, 5.74) is -6.27. The summed E-state index contributed by atoms with van der Waals surface area (Å²) in [6.45, 7) is 8.92. The molecule has 0 N–H and O–H groups in total. The molecule has 9 rings (SSSR count). The minimum atomic E-state index is -6.09. The summed E-state index contributed by atoms with van der Waals surface area (Å²) in [6, 6.07) is 38.1. The molecule has 30 heteroatoms. The summed E-state index contributed by atoms with van der Waals surface area (Å²) in [5.74, 6) is 2.31. The van der Waals surface area contributed by atoms with E-state index in [2.05, 4.69) is 45.5 Å². The van der Waals surface area contributed by atoms with Crippen LogP contribution in [0.25, 0.3) is 51.5 Å². The van der Waals surface area contributed by atoms with Gasteiger partial charge in [0.05, 0.1) is 17.7 Å². The molecule has 0 aliphatic rings. The molecule has 0 fully saturated rings. The van der Waals surface area contributed by atoms with Gasteiger partial charge in [0.15, 0.2) is 54.7 Å². The molecule has 0 aromatic carbocycles.